The van der Waals surface area contributed by atoms with Crippen molar-refractivity contribution in [1.82, 2.24) is 5.32 Å². The molecule has 4 fully saturated rings. The second kappa shape index (κ2) is 6.90. The van der Waals surface area contributed by atoms with Gasteiger partial charge in [0.25, 0.3) is 0 Å². The van der Waals surface area contributed by atoms with Crippen molar-refractivity contribution in [2.75, 3.05) is 0 Å². The molecule has 4 heteroatoms. The highest BCUT2D eigenvalue weighted by atomic mass is 35.5. The number of carbonyl (C=O) groups excluding carboxylic acids is 1. The number of piperidine rings is 1. The Morgan fingerprint density at radius 1 is 1.10 bits per heavy atom. The maximum absolute atomic E-state index is 12.1. The number of nitrogens with one attached hydrogen (secondary N) is 1. The van der Waals surface area contributed by atoms with E-state index in [0.717, 1.165) is 54.2 Å². The Morgan fingerprint density at radius 2 is 1.86 bits per heavy atom. The Bertz CT molecular complexity index is 795. The molecule has 1 amide bonds. The number of hydrogen-bond acceptors (Lipinski definition) is 2. The van der Waals surface area contributed by atoms with Crippen molar-refractivity contribution in [3.63, 3.8) is 0 Å². The van der Waals surface area contributed by atoms with Crippen molar-refractivity contribution < 1.29 is 9.53 Å². The summed E-state index contributed by atoms with van der Waals surface area (Å²) in [6.45, 7) is 7.43. The van der Waals surface area contributed by atoms with Crippen molar-refractivity contribution in [2.24, 2.45) is 34.5 Å². The number of carbonyl (C=O) groups is 1. The van der Waals surface area contributed by atoms with Gasteiger partial charge in [-0.05, 0) is 97.3 Å². The van der Waals surface area contributed by atoms with Gasteiger partial charge in [-0.3, -0.25) is 4.79 Å². The van der Waals surface area contributed by atoms with Crippen LogP contribution in [-0.4, -0.2) is 18.1 Å². The van der Waals surface area contributed by atoms with E-state index in [1.807, 2.05) is 24.3 Å². The van der Waals surface area contributed by atoms with E-state index in [0.29, 0.717) is 29.9 Å². The predicted molar refractivity (Wildman–Crippen MR) is 116 cm³/mol. The van der Waals surface area contributed by atoms with Gasteiger partial charge in [-0.2, -0.15) is 0 Å². The van der Waals surface area contributed by atoms with E-state index < -0.39 is 0 Å². The topological polar surface area (TPSA) is 38.3 Å². The maximum Gasteiger partial charge on any atom is 0.220 e. The van der Waals surface area contributed by atoms with Crippen LogP contribution in [0.2, 0.25) is 5.02 Å². The summed E-state index contributed by atoms with van der Waals surface area (Å²) in [7, 11) is 0. The molecule has 4 aliphatic rings. The third-order valence-electron chi connectivity index (χ3n) is 9.31. The van der Waals surface area contributed by atoms with Crippen LogP contribution in [0.5, 0.6) is 5.75 Å². The van der Waals surface area contributed by atoms with Crippen LogP contribution in [0.15, 0.2) is 24.3 Å². The van der Waals surface area contributed by atoms with Gasteiger partial charge < -0.3 is 10.1 Å². The molecular weight excluding hydrogens is 382 g/mol. The lowest BCUT2D eigenvalue weighted by atomic mass is 9.45. The summed E-state index contributed by atoms with van der Waals surface area (Å²) >= 11 is 6.04. The summed E-state index contributed by atoms with van der Waals surface area (Å²) in [4.78, 5) is 12.1. The fourth-order valence-corrected chi connectivity index (χ4v) is 7.96. The highest BCUT2D eigenvalue weighted by molar-refractivity contribution is 6.30. The minimum atomic E-state index is 0.260. The summed E-state index contributed by atoms with van der Waals surface area (Å²) in [6.07, 6.45) is 8.12. The van der Waals surface area contributed by atoms with Crippen LogP contribution in [0, 0.1) is 34.5 Å². The number of benzene rings is 1. The summed E-state index contributed by atoms with van der Waals surface area (Å²) in [6, 6.07) is 8.19. The summed E-state index contributed by atoms with van der Waals surface area (Å²) in [5.41, 5.74) is 0.648. The Hall–Kier alpha value is -1.22. The molecule has 5 rings (SSSR count). The highest BCUT2D eigenvalue weighted by Crippen LogP contribution is 2.65. The number of amides is 1. The Balaban J connectivity index is 1.38. The van der Waals surface area contributed by atoms with Crippen molar-refractivity contribution in [1.29, 1.82) is 0 Å². The van der Waals surface area contributed by atoms with Crippen LogP contribution >= 0.6 is 11.6 Å². The predicted octanol–water partition coefficient (Wildman–Crippen LogP) is 5.85. The van der Waals surface area contributed by atoms with Gasteiger partial charge in [0.05, 0.1) is 6.10 Å². The monoisotopic (exact) mass is 415 g/mol. The van der Waals surface area contributed by atoms with Crippen molar-refractivity contribution in [3.05, 3.63) is 29.3 Å². The molecule has 1 aromatic carbocycles. The molecule has 1 heterocycles. The molecule has 1 saturated heterocycles. The van der Waals surface area contributed by atoms with Crippen molar-refractivity contribution in [2.45, 2.75) is 77.9 Å². The minimum Gasteiger partial charge on any atom is -0.490 e. The summed E-state index contributed by atoms with van der Waals surface area (Å²) in [5, 5.41) is 4.12. The van der Waals surface area contributed by atoms with Gasteiger partial charge in [0.1, 0.15) is 5.75 Å². The molecule has 0 spiro atoms. The van der Waals surface area contributed by atoms with Crippen LogP contribution in [0.3, 0.4) is 0 Å². The van der Waals surface area contributed by atoms with E-state index in [1.165, 1.54) is 12.8 Å². The zero-order valence-corrected chi connectivity index (χ0v) is 18.7. The molecule has 0 radical (unpaired) electrons. The molecule has 6 unspecified atom stereocenters. The zero-order chi connectivity index (χ0) is 20.4. The molecule has 3 saturated carbocycles. The smallest absolute Gasteiger partial charge is 0.220 e. The van der Waals surface area contributed by atoms with Crippen LogP contribution in [0.4, 0.5) is 0 Å². The van der Waals surface area contributed by atoms with Gasteiger partial charge >= 0.3 is 0 Å². The molecule has 1 N–H and O–H groups in total. The largest absolute Gasteiger partial charge is 0.490 e. The standard InChI is InChI=1S/C25H34ClNO2/c1-15-12-21-25(3,11-9-22(28)27-21)19-8-10-24(2)14-18(13-20(24)23(15)19)29-17-6-4-16(26)5-7-17/h4-7,15,18-21,23H,8-14H2,1-3H3,(H,27,28)/t15?,18-,19?,20?,21?,23?,24?,25+/m0/s1. The first-order valence-corrected chi connectivity index (χ1v) is 11.9. The van der Waals surface area contributed by atoms with Gasteiger partial charge in [-0.15, -0.1) is 0 Å². The number of halogens is 1. The lowest BCUT2D eigenvalue weighted by Gasteiger charge is -2.61. The van der Waals surface area contributed by atoms with E-state index in [2.05, 4.69) is 26.1 Å². The molecular formula is C25H34ClNO2. The van der Waals surface area contributed by atoms with Crippen molar-refractivity contribution >= 4 is 17.5 Å². The molecule has 3 nitrogen and oxygen atoms in total. The van der Waals surface area contributed by atoms with Crippen LogP contribution < -0.4 is 10.1 Å². The van der Waals surface area contributed by atoms with Gasteiger partial charge in [0.2, 0.25) is 5.91 Å². The van der Waals surface area contributed by atoms with Gasteiger partial charge in [0.15, 0.2) is 0 Å². The molecule has 29 heavy (non-hydrogen) atoms. The molecule has 1 aliphatic heterocycles. The fraction of sp³-hybridized carbons (Fsp3) is 0.720. The van der Waals surface area contributed by atoms with E-state index >= 15 is 0 Å². The second-order valence-electron chi connectivity index (χ2n) is 11.0. The molecule has 158 valence electrons. The normalized spacial score (nSPS) is 46.3. The molecule has 3 aliphatic carbocycles. The van der Waals surface area contributed by atoms with E-state index in [4.69, 9.17) is 16.3 Å². The Morgan fingerprint density at radius 3 is 2.62 bits per heavy atom. The number of rotatable bonds is 2. The third kappa shape index (κ3) is 3.19. The minimum absolute atomic E-state index is 0.260. The SMILES string of the molecule is CC1CC2NC(=O)CC[C@]2(C)C2CCC3(C)C[C@@H](Oc4ccc(Cl)cc4)CC3C12. The van der Waals surface area contributed by atoms with Crippen LogP contribution in [-0.2, 0) is 4.79 Å². The first-order chi connectivity index (χ1) is 13.8. The highest BCUT2D eigenvalue weighted by Gasteiger charge is 2.61. The molecule has 8 atom stereocenters. The van der Waals surface area contributed by atoms with Crippen LogP contribution in [0.25, 0.3) is 0 Å². The molecule has 0 aromatic heterocycles. The lowest BCUT2D eigenvalue weighted by molar-refractivity contribution is -0.141. The van der Waals surface area contributed by atoms with E-state index in [-0.39, 0.29) is 11.3 Å². The zero-order valence-electron chi connectivity index (χ0n) is 17.9. The third-order valence-corrected chi connectivity index (χ3v) is 9.56. The number of hydrogen-bond donors (Lipinski definition) is 1. The van der Waals surface area contributed by atoms with Gasteiger partial charge in [-0.25, -0.2) is 0 Å². The fourth-order valence-electron chi connectivity index (χ4n) is 7.84. The number of ether oxygens (including phenoxy) is 1. The summed E-state index contributed by atoms with van der Waals surface area (Å²) < 4.78 is 6.43. The summed E-state index contributed by atoms with van der Waals surface area (Å²) in [5.74, 6) is 4.07. The number of fused-ring (bicyclic) bond motifs is 5. The van der Waals surface area contributed by atoms with Gasteiger partial charge in [0, 0.05) is 17.5 Å². The average molecular weight is 416 g/mol. The Kier molecular flexibility index (Phi) is 4.70. The quantitative estimate of drug-likeness (QED) is 0.657. The Labute approximate surface area is 179 Å². The second-order valence-corrected chi connectivity index (χ2v) is 11.4. The van der Waals surface area contributed by atoms with E-state index in [1.54, 1.807) is 0 Å². The molecule has 0 bridgehead atoms. The molecule has 1 aromatic rings. The van der Waals surface area contributed by atoms with Crippen molar-refractivity contribution in [3.8, 4) is 5.75 Å². The van der Waals surface area contributed by atoms with Gasteiger partial charge in [-0.1, -0.05) is 32.4 Å². The first kappa shape index (κ1) is 19.7. The van der Waals surface area contributed by atoms with Crippen LogP contribution in [0.1, 0.15) is 65.7 Å². The first-order valence-electron chi connectivity index (χ1n) is 11.5. The van der Waals surface area contributed by atoms with E-state index in [9.17, 15) is 4.79 Å². The lowest BCUT2D eigenvalue weighted by Crippen LogP contribution is -2.62. The maximum atomic E-state index is 12.1. The average Bonchev–Trinajstić information content (AvgIpc) is 3.01.